The number of nitrogens with zero attached hydrogens (tertiary/aromatic N) is 1. The van der Waals surface area contributed by atoms with Crippen molar-refractivity contribution in [3.05, 3.63) is 30.1 Å². The van der Waals surface area contributed by atoms with Gasteiger partial charge in [-0.1, -0.05) is 19.9 Å². The van der Waals surface area contributed by atoms with E-state index in [9.17, 15) is 9.67 Å². The van der Waals surface area contributed by atoms with Gasteiger partial charge in [0.25, 0.3) is 0 Å². The smallest absolute Gasteiger partial charge is 0.366 e. The lowest BCUT2D eigenvalue weighted by Crippen LogP contribution is -2.29. The molecule has 0 amide bonds. The van der Waals surface area contributed by atoms with Gasteiger partial charge >= 0.3 is 7.60 Å². The molecule has 0 saturated heterocycles. The summed E-state index contributed by atoms with van der Waals surface area (Å²) in [5.41, 5.74) is 0.295. The molecule has 1 atom stereocenters. The topological polar surface area (TPSA) is 131 Å². The molecule has 9 heteroatoms. The first-order chi connectivity index (χ1) is 8.27. The van der Waals surface area contributed by atoms with Crippen molar-refractivity contribution in [1.82, 2.24) is 4.98 Å². The fraction of sp³-hybridized carbons (Fsp3) is 0.444. The fourth-order valence-electron chi connectivity index (χ4n) is 1.07. The first kappa shape index (κ1) is 17.6. The van der Waals surface area contributed by atoms with Crippen LogP contribution in [0, 0.1) is 0 Å². The van der Waals surface area contributed by atoms with Crippen LogP contribution < -0.4 is 0 Å². The minimum Gasteiger partial charge on any atom is -0.370 e. The van der Waals surface area contributed by atoms with E-state index in [1.165, 1.54) is 24.5 Å². The first-order valence-electron chi connectivity index (χ1n) is 5.12. The van der Waals surface area contributed by atoms with Crippen molar-refractivity contribution in [1.29, 1.82) is 0 Å². The number of aromatic nitrogens is 1. The minimum atomic E-state index is -5.05. The molecule has 0 aliphatic heterocycles. The van der Waals surface area contributed by atoms with E-state index in [0.29, 0.717) is 5.56 Å². The summed E-state index contributed by atoms with van der Waals surface area (Å²) in [6, 6.07) is 2.97. The number of aliphatic hydroxyl groups is 1. The van der Waals surface area contributed by atoms with Crippen LogP contribution in [0.5, 0.6) is 0 Å². The van der Waals surface area contributed by atoms with E-state index in [1.807, 2.05) is 13.8 Å². The van der Waals surface area contributed by atoms with E-state index in [1.54, 1.807) is 0 Å². The zero-order chi connectivity index (χ0) is 14.4. The van der Waals surface area contributed by atoms with E-state index in [0.717, 1.165) is 0 Å². The summed E-state index contributed by atoms with van der Waals surface area (Å²) in [6.07, 6.45) is 2.14. The highest BCUT2D eigenvalue weighted by molar-refractivity contribution is 7.69. The predicted molar refractivity (Wildman–Crippen MR) is 67.6 cm³/mol. The highest BCUT2D eigenvalue weighted by atomic mass is 31.2. The second-order valence-corrected chi connectivity index (χ2v) is 6.65. The molecule has 1 unspecified atom stereocenters. The van der Waals surface area contributed by atoms with Gasteiger partial charge in [0.2, 0.25) is 13.5 Å². The zero-order valence-electron chi connectivity index (χ0n) is 10.0. The molecular weight excluding hydrogens is 280 g/mol. The second kappa shape index (κ2) is 7.26. The number of hydrogen-bond acceptors (Lipinski definition) is 5. The third kappa shape index (κ3) is 4.37. The highest BCUT2D eigenvalue weighted by Gasteiger charge is 2.52. The van der Waals surface area contributed by atoms with Gasteiger partial charge in [-0.3, -0.25) is 9.55 Å². The molecule has 5 N–H and O–H groups in total. The van der Waals surface area contributed by atoms with Crippen molar-refractivity contribution < 1.29 is 29.2 Å². The molecule has 0 spiro atoms. The SMILES string of the molecule is CC.O=P(O)(O)C(O)(Cc1cccnc1)P(O)O. The van der Waals surface area contributed by atoms with Gasteiger partial charge in [-0.05, 0) is 11.6 Å². The van der Waals surface area contributed by atoms with E-state index >= 15 is 0 Å². The Balaban J connectivity index is 0.00000137. The molecule has 0 fully saturated rings. The van der Waals surface area contributed by atoms with Crippen LogP contribution in [0.4, 0.5) is 0 Å². The predicted octanol–water partition coefficient (Wildman–Crippen LogP) is 0.771. The van der Waals surface area contributed by atoms with Gasteiger partial charge in [0.05, 0.1) is 0 Å². The third-order valence-electron chi connectivity index (χ3n) is 1.95. The average molecular weight is 297 g/mol. The Kier molecular flexibility index (Phi) is 7.10. The normalized spacial score (nSPS) is 14.7. The van der Waals surface area contributed by atoms with Gasteiger partial charge in [0.1, 0.15) is 0 Å². The molecule has 1 heterocycles. The van der Waals surface area contributed by atoms with Crippen LogP contribution in [0.1, 0.15) is 19.4 Å². The molecule has 1 aromatic rings. The summed E-state index contributed by atoms with van der Waals surface area (Å²) in [6.45, 7) is 4.00. The molecular formula is C9H17NO6P2. The van der Waals surface area contributed by atoms with E-state index < -0.39 is 27.5 Å². The summed E-state index contributed by atoms with van der Waals surface area (Å²) in [5.74, 6) is 0. The maximum Gasteiger partial charge on any atom is 0.366 e. The Morgan fingerprint density at radius 1 is 1.39 bits per heavy atom. The third-order valence-corrected chi connectivity index (χ3v) is 5.16. The van der Waals surface area contributed by atoms with Gasteiger partial charge in [0, 0.05) is 18.8 Å². The maximum absolute atomic E-state index is 11.0. The minimum absolute atomic E-state index is 0.295. The van der Waals surface area contributed by atoms with E-state index in [-0.39, 0.29) is 0 Å². The molecule has 18 heavy (non-hydrogen) atoms. The van der Waals surface area contributed by atoms with Gasteiger partial charge in [-0.2, -0.15) is 0 Å². The van der Waals surface area contributed by atoms with Crippen LogP contribution in [0.3, 0.4) is 0 Å². The molecule has 0 bridgehead atoms. The highest BCUT2D eigenvalue weighted by Crippen LogP contribution is 2.64. The van der Waals surface area contributed by atoms with Crippen molar-refractivity contribution in [2.45, 2.75) is 25.4 Å². The van der Waals surface area contributed by atoms with Crippen molar-refractivity contribution >= 4 is 16.0 Å². The monoisotopic (exact) mass is 297 g/mol. The Bertz CT molecular complexity index is 395. The molecule has 0 aliphatic carbocycles. The quantitative estimate of drug-likeness (QED) is 0.519. The van der Waals surface area contributed by atoms with Gasteiger partial charge < -0.3 is 24.7 Å². The molecule has 0 saturated carbocycles. The molecule has 1 rings (SSSR count). The van der Waals surface area contributed by atoms with Crippen molar-refractivity contribution in [2.75, 3.05) is 0 Å². The standard InChI is InChI=1S/C7H11NO6P2.C2H6/c9-7(15(10)11,16(12,13)14)4-6-2-1-3-8-5-6;1-2/h1-3,5,9-11H,4H2,(H2,12,13,14);1-2H3. The number of hydrogen-bond donors (Lipinski definition) is 5. The van der Waals surface area contributed by atoms with Crippen molar-refractivity contribution in [3.8, 4) is 0 Å². The van der Waals surface area contributed by atoms with E-state index in [2.05, 4.69) is 4.98 Å². The van der Waals surface area contributed by atoms with Crippen LogP contribution in [0.2, 0.25) is 0 Å². The number of rotatable bonds is 4. The molecule has 0 aliphatic rings. The summed E-state index contributed by atoms with van der Waals surface area (Å²) >= 11 is 0. The Morgan fingerprint density at radius 2 is 1.94 bits per heavy atom. The Hall–Kier alpha value is -0.390. The van der Waals surface area contributed by atoms with Crippen LogP contribution in [-0.4, -0.2) is 34.7 Å². The van der Waals surface area contributed by atoms with Crippen molar-refractivity contribution in [2.24, 2.45) is 0 Å². The lowest BCUT2D eigenvalue weighted by atomic mass is 10.2. The Morgan fingerprint density at radius 3 is 2.28 bits per heavy atom. The fourth-order valence-corrected chi connectivity index (χ4v) is 2.71. The van der Waals surface area contributed by atoms with Gasteiger partial charge in [-0.25, -0.2) is 0 Å². The summed E-state index contributed by atoms with van der Waals surface area (Å²) in [4.78, 5) is 39.4. The van der Waals surface area contributed by atoms with Gasteiger partial charge in [0.15, 0.2) is 0 Å². The van der Waals surface area contributed by atoms with Crippen molar-refractivity contribution in [3.63, 3.8) is 0 Å². The average Bonchev–Trinajstić information content (AvgIpc) is 2.31. The summed E-state index contributed by atoms with van der Waals surface area (Å²) in [5, 5.41) is 6.76. The molecule has 7 nitrogen and oxygen atoms in total. The van der Waals surface area contributed by atoms with Crippen LogP contribution in [0.25, 0.3) is 0 Å². The Labute approximate surface area is 106 Å². The largest absolute Gasteiger partial charge is 0.370 e. The molecule has 104 valence electrons. The molecule has 0 aromatic carbocycles. The lowest BCUT2D eigenvalue weighted by Gasteiger charge is -2.29. The second-order valence-electron chi connectivity index (χ2n) is 3.15. The molecule has 0 radical (unpaired) electrons. The maximum atomic E-state index is 11.0. The van der Waals surface area contributed by atoms with Crippen LogP contribution in [-0.2, 0) is 11.0 Å². The molecule has 1 aromatic heterocycles. The lowest BCUT2D eigenvalue weighted by molar-refractivity contribution is 0.147. The van der Waals surface area contributed by atoms with E-state index in [4.69, 9.17) is 19.6 Å². The zero-order valence-corrected chi connectivity index (χ0v) is 11.8. The number of pyridine rings is 1. The van der Waals surface area contributed by atoms with Crippen LogP contribution in [0.15, 0.2) is 24.5 Å². The summed E-state index contributed by atoms with van der Waals surface area (Å²) in [7, 11) is -8.25. The summed E-state index contributed by atoms with van der Waals surface area (Å²) < 4.78 is 11.0. The van der Waals surface area contributed by atoms with Crippen LogP contribution >= 0.6 is 16.0 Å². The first-order valence-corrected chi connectivity index (χ1v) is 7.98. The van der Waals surface area contributed by atoms with Gasteiger partial charge in [-0.15, -0.1) is 0 Å².